The van der Waals surface area contributed by atoms with E-state index in [0.29, 0.717) is 64.0 Å². The number of unbranched alkanes of at least 4 members (excludes halogenated alkanes) is 3. The summed E-state index contributed by atoms with van der Waals surface area (Å²) in [5.41, 5.74) is 8.09. The van der Waals surface area contributed by atoms with Crippen molar-refractivity contribution < 1.29 is 37.4 Å². The third-order valence-electron chi connectivity index (χ3n) is 7.29. The number of esters is 1. The van der Waals surface area contributed by atoms with E-state index in [0.717, 1.165) is 11.1 Å². The highest BCUT2D eigenvalue weighted by atomic mass is 31.2. The molecule has 3 aromatic carbocycles. The zero-order valence-electron chi connectivity index (χ0n) is 27.6. The average Bonchev–Trinajstić information content (AvgIpc) is 3.12. The van der Waals surface area contributed by atoms with E-state index in [2.05, 4.69) is 16.0 Å². The largest absolute Gasteiger partial charge is 0.459 e. The van der Waals surface area contributed by atoms with Gasteiger partial charge in [0.05, 0.1) is 13.2 Å². The molecule has 13 heteroatoms. The van der Waals surface area contributed by atoms with Gasteiger partial charge in [0.1, 0.15) is 18.5 Å². The summed E-state index contributed by atoms with van der Waals surface area (Å²) in [5.74, 6) is -1.89. The van der Waals surface area contributed by atoms with Gasteiger partial charge in [-0.3, -0.25) is 19.9 Å². The maximum atomic E-state index is 13.0. The van der Waals surface area contributed by atoms with Crippen molar-refractivity contribution in [1.82, 2.24) is 16.0 Å². The summed E-state index contributed by atoms with van der Waals surface area (Å²) in [5, 5.41) is 8.33. The first-order chi connectivity index (χ1) is 23.8. The van der Waals surface area contributed by atoms with E-state index in [-0.39, 0.29) is 43.6 Å². The van der Waals surface area contributed by atoms with Gasteiger partial charge in [-0.15, -0.1) is 0 Å². The van der Waals surface area contributed by atoms with Crippen LogP contribution in [0.1, 0.15) is 72.9 Å². The van der Waals surface area contributed by atoms with Crippen LogP contribution in [-0.2, 0) is 41.4 Å². The van der Waals surface area contributed by atoms with Gasteiger partial charge >= 0.3 is 5.97 Å². The van der Waals surface area contributed by atoms with Gasteiger partial charge in [-0.05, 0) is 67.5 Å². The molecule has 5 N–H and O–H groups in total. The SMILES string of the molecule is NP(OCCCCNC(=O)CCC(NC(=O)CCCCCNC(=O)c1ccc(F)cc1)C(=O)OCc1ccccc1)OCc1ccccc1. The van der Waals surface area contributed by atoms with Crippen molar-refractivity contribution in [2.45, 2.75) is 70.6 Å². The van der Waals surface area contributed by atoms with Gasteiger partial charge in [-0.25, -0.2) is 9.18 Å². The predicted molar refractivity (Wildman–Crippen MR) is 185 cm³/mol. The fourth-order valence-corrected chi connectivity index (χ4v) is 5.22. The van der Waals surface area contributed by atoms with Crippen LogP contribution in [0.25, 0.3) is 0 Å². The normalized spacial score (nSPS) is 12.0. The number of amides is 3. The number of carbonyl (C=O) groups is 4. The molecule has 264 valence electrons. The van der Waals surface area contributed by atoms with E-state index in [4.69, 9.17) is 19.3 Å². The first kappa shape index (κ1) is 39.2. The van der Waals surface area contributed by atoms with Crippen molar-refractivity contribution in [1.29, 1.82) is 0 Å². The summed E-state index contributed by atoms with van der Waals surface area (Å²) in [4.78, 5) is 50.3. The van der Waals surface area contributed by atoms with E-state index >= 15 is 0 Å². The molecule has 49 heavy (non-hydrogen) atoms. The number of rotatable bonds is 23. The molecule has 0 fully saturated rings. The van der Waals surface area contributed by atoms with Crippen molar-refractivity contribution in [2.75, 3.05) is 19.7 Å². The molecule has 0 aliphatic carbocycles. The number of hydrogen-bond donors (Lipinski definition) is 4. The van der Waals surface area contributed by atoms with Crippen LogP contribution in [0, 0.1) is 5.82 Å². The Morgan fingerprint density at radius 1 is 0.694 bits per heavy atom. The van der Waals surface area contributed by atoms with Crippen LogP contribution in [-0.4, -0.2) is 49.4 Å². The Morgan fingerprint density at radius 3 is 2.02 bits per heavy atom. The number of carbonyl (C=O) groups excluding carboxylic acids is 4. The molecule has 0 bridgehead atoms. The molecule has 3 aromatic rings. The summed E-state index contributed by atoms with van der Waals surface area (Å²) in [6, 6.07) is 23.2. The van der Waals surface area contributed by atoms with Gasteiger partial charge < -0.3 is 29.7 Å². The van der Waals surface area contributed by atoms with Crippen LogP contribution in [0.3, 0.4) is 0 Å². The van der Waals surface area contributed by atoms with Gasteiger partial charge in [0.2, 0.25) is 11.8 Å². The molecule has 0 saturated heterocycles. The monoisotopic (exact) mass is 696 g/mol. The molecule has 0 radical (unpaired) electrons. The standard InChI is InChI=1S/C36H46FN4O7P/c37-31-19-17-30(18-20-31)35(44)40-24-9-3-8-16-34(43)41-32(36(45)46-26-28-12-4-1-5-13-28)21-22-33(42)39-23-10-11-25-47-49(38)48-27-29-14-6-2-7-15-29/h1-2,4-7,12-15,17-20,32H,3,8-11,16,21-27,38H2,(H,39,42)(H,40,44)(H,41,43). The molecule has 0 aliphatic heterocycles. The van der Waals surface area contributed by atoms with Gasteiger partial charge in [0.25, 0.3) is 14.4 Å². The number of halogens is 1. The van der Waals surface area contributed by atoms with Crippen molar-refractivity contribution in [2.24, 2.45) is 5.50 Å². The van der Waals surface area contributed by atoms with Crippen LogP contribution in [0.15, 0.2) is 84.9 Å². The van der Waals surface area contributed by atoms with E-state index in [9.17, 15) is 23.6 Å². The van der Waals surface area contributed by atoms with Crippen molar-refractivity contribution >= 4 is 32.2 Å². The third-order valence-corrected chi connectivity index (χ3v) is 8.11. The molecule has 2 unspecified atom stereocenters. The number of hydrogen-bond acceptors (Lipinski definition) is 8. The zero-order chi connectivity index (χ0) is 35.1. The Morgan fingerprint density at radius 2 is 1.33 bits per heavy atom. The lowest BCUT2D eigenvalue weighted by molar-refractivity contribution is -0.149. The van der Waals surface area contributed by atoms with Gasteiger partial charge in [-0.2, -0.15) is 0 Å². The Kier molecular flexibility index (Phi) is 18.6. The van der Waals surface area contributed by atoms with Gasteiger partial charge in [0.15, 0.2) is 0 Å². The van der Waals surface area contributed by atoms with E-state index < -0.39 is 26.4 Å². The Hall–Kier alpha value is -4.22. The fourth-order valence-electron chi connectivity index (χ4n) is 4.56. The molecule has 0 heterocycles. The second-order valence-electron chi connectivity index (χ2n) is 11.3. The number of benzene rings is 3. The molecule has 3 rings (SSSR count). The summed E-state index contributed by atoms with van der Waals surface area (Å²) < 4.78 is 29.6. The molecule has 2 atom stereocenters. The highest BCUT2D eigenvalue weighted by Gasteiger charge is 2.23. The topological polar surface area (TPSA) is 158 Å². The lowest BCUT2D eigenvalue weighted by Crippen LogP contribution is -2.42. The minimum Gasteiger partial charge on any atom is -0.459 e. The molecule has 0 aliphatic rings. The summed E-state index contributed by atoms with van der Waals surface area (Å²) >= 11 is 0. The molecular formula is C36H46FN4O7P. The van der Waals surface area contributed by atoms with Crippen LogP contribution in [0.2, 0.25) is 0 Å². The highest BCUT2D eigenvalue weighted by molar-refractivity contribution is 7.44. The van der Waals surface area contributed by atoms with Gasteiger partial charge in [-0.1, -0.05) is 67.1 Å². The molecule has 0 saturated carbocycles. The first-order valence-electron chi connectivity index (χ1n) is 16.4. The average molecular weight is 697 g/mol. The summed E-state index contributed by atoms with van der Waals surface area (Å²) in [6.45, 7) is 1.66. The van der Waals surface area contributed by atoms with E-state index in [1.807, 2.05) is 60.7 Å². The number of ether oxygens (including phenoxy) is 1. The van der Waals surface area contributed by atoms with Crippen LogP contribution < -0.4 is 21.5 Å². The Bertz CT molecular complexity index is 1420. The third kappa shape index (κ3) is 17.1. The summed E-state index contributed by atoms with van der Waals surface area (Å²) in [7, 11) is -1.49. The summed E-state index contributed by atoms with van der Waals surface area (Å²) in [6.07, 6.45) is 3.48. The second kappa shape index (κ2) is 23.2. The zero-order valence-corrected chi connectivity index (χ0v) is 28.5. The predicted octanol–water partition coefficient (Wildman–Crippen LogP) is 5.44. The van der Waals surface area contributed by atoms with Crippen molar-refractivity contribution in [3.63, 3.8) is 0 Å². The van der Waals surface area contributed by atoms with Crippen molar-refractivity contribution in [3.8, 4) is 0 Å². The molecule has 3 amide bonds. The minimum absolute atomic E-state index is 0.0249. The molecule has 0 spiro atoms. The van der Waals surface area contributed by atoms with Crippen LogP contribution >= 0.6 is 8.53 Å². The lowest BCUT2D eigenvalue weighted by atomic mass is 10.1. The maximum absolute atomic E-state index is 13.0. The smallest absolute Gasteiger partial charge is 0.328 e. The van der Waals surface area contributed by atoms with Crippen LogP contribution in [0.4, 0.5) is 4.39 Å². The molecular weight excluding hydrogens is 650 g/mol. The van der Waals surface area contributed by atoms with E-state index in [1.165, 1.54) is 24.3 Å². The van der Waals surface area contributed by atoms with Gasteiger partial charge in [0, 0.05) is 31.5 Å². The number of nitrogens with two attached hydrogens (primary N) is 1. The lowest BCUT2D eigenvalue weighted by Gasteiger charge is -2.18. The highest BCUT2D eigenvalue weighted by Crippen LogP contribution is 2.30. The Balaban J connectivity index is 1.32. The Labute approximate surface area is 288 Å². The van der Waals surface area contributed by atoms with Crippen molar-refractivity contribution in [3.05, 3.63) is 107 Å². The maximum Gasteiger partial charge on any atom is 0.328 e. The van der Waals surface area contributed by atoms with Crippen LogP contribution in [0.5, 0.6) is 0 Å². The quantitative estimate of drug-likeness (QED) is 0.0580. The second-order valence-corrected chi connectivity index (χ2v) is 12.3. The molecule has 11 nitrogen and oxygen atoms in total. The molecule has 0 aromatic heterocycles. The van der Waals surface area contributed by atoms with E-state index in [1.54, 1.807) is 0 Å². The first-order valence-corrected chi connectivity index (χ1v) is 17.7. The minimum atomic E-state index is -1.49. The fraction of sp³-hybridized carbons (Fsp3) is 0.389. The number of nitrogens with one attached hydrogen (secondary N) is 3.